The lowest BCUT2D eigenvalue weighted by atomic mass is 9.97. The van der Waals surface area contributed by atoms with Gasteiger partial charge in [-0.3, -0.25) is 0 Å². The van der Waals surface area contributed by atoms with Crippen LogP contribution in [0.4, 0.5) is 0 Å². The minimum atomic E-state index is -3.50. The lowest BCUT2D eigenvalue weighted by Gasteiger charge is -2.28. The summed E-state index contributed by atoms with van der Waals surface area (Å²) in [5.41, 5.74) is 0. The van der Waals surface area contributed by atoms with Crippen LogP contribution in [0.25, 0.3) is 0 Å². The zero-order valence-electron chi connectivity index (χ0n) is 14.2. The van der Waals surface area contributed by atoms with Crippen LogP contribution in [-0.4, -0.2) is 57.2 Å². The molecule has 1 N–H and O–H groups in total. The van der Waals surface area contributed by atoms with E-state index in [9.17, 15) is 16.8 Å². The van der Waals surface area contributed by atoms with Gasteiger partial charge in [-0.05, 0) is 24.3 Å². The molecule has 1 saturated heterocycles. The average molecular weight is 421 g/mol. The molecule has 9 nitrogen and oxygen atoms in total. The molecule has 2 aromatic rings. The van der Waals surface area contributed by atoms with Crippen molar-refractivity contribution in [1.29, 1.82) is 0 Å². The van der Waals surface area contributed by atoms with E-state index in [2.05, 4.69) is 14.9 Å². The maximum Gasteiger partial charge on any atom is 0.250 e. The average Bonchev–Trinajstić information content (AvgIpc) is 3.26. The molecule has 0 unspecified atom stereocenters. The zero-order chi connectivity index (χ0) is 18.8. The van der Waals surface area contributed by atoms with Gasteiger partial charge < -0.3 is 4.52 Å². The summed E-state index contributed by atoms with van der Waals surface area (Å²) in [6.45, 7) is 1.04. The van der Waals surface area contributed by atoms with E-state index in [0.717, 1.165) is 11.3 Å². The highest BCUT2D eigenvalue weighted by molar-refractivity contribution is 7.91. The Bertz CT molecular complexity index is 929. The van der Waals surface area contributed by atoms with Crippen LogP contribution in [0.2, 0.25) is 0 Å². The van der Waals surface area contributed by atoms with E-state index < -0.39 is 20.0 Å². The zero-order valence-corrected chi connectivity index (χ0v) is 16.6. The Morgan fingerprint density at radius 3 is 2.65 bits per heavy atom. The quantitative estimate of drug-likeness (QED) is 0.702. The molecule has 0 radical (unpaired) electrons. The van der Waals surface area contributed by atoms with Gasteiger partial charge in [0.25, 0.3) is 0 Å². The molecule has 0 aromatic carbocycles. The topological polar surface area (TPSA) is 122 Å². The predicted molar refractivity (Wildman–Crippen MR) is 95.9 cm³/mol. The number of thiophene rings is 1. The van der Waals surface area contributed by atoms with Crippen molar-refractivity contribution in [3.63, 3.8) is 0 Å². The molecule has 1 fully saturated rings. The van der Waals surface area contributed by atoms with E-state index in [1.807, 2.05) is 0 Å². The second-order valence-electron chi connectivity index (χ2n) is 6.06. The number of hydrogen-bond donors (Lipinski definition) is 1. The fourth-order valence-electron chi connectivity index (χ4n) is 2.76. The van der Waals surface area contributed by atoms with Gasteiger partial charge in [0.2, 0.25) is 25.9 Å². The highest BCUT2D eigenvalue weighted by atomic mass is 32.2. The Hall–Kier alpha value is -1.34. The summed E-state index contributed by atoms with van der Waals surface area (Å²) in [4.78, 5) is 4.33. The molecule has 3 heterocycles. The maximum atomic E-state index is 12.0. The highest BCUT2D eigenvalue weighted by Crippen LogP contribution is 2.27. The van der Waals surface area contributed by atoms with E-state index in [4.69, 9.17) is 4.52 Å². The van der Waals surface area contributed by atoms with Crippen molar-refractivity contribution in [1.82, 2.24) is 19.2 Å². The van der Waals surface area contributed by atoms with Gasteiger partial charge in [0.15, 0.2) is 5.82 Å². The summed E-state index contributed by atoms with van der Waals surface area (Å²) >= 11 is 1.15. The molecule has 12 heteroatoms. The molecule has 26 heavy (non-hydrogen) atoms. The molecule has 2 aromatic heterocycles. The Kier molecular flexibility index (Phi) is 5.77. The van der Waals surface area contributed by atoms with Crippen LogP contribution >= 0.6 is 11.3 Å². The molecule has 0 aliphatic carbocycles. The van der Waals surface area contributed by atoms with Gasteiger partial charge in [0.05, 0.1) is 6.26 Å². The standard InChI is InChI=1S/C14H20N4O5S3/c1-25(19,20)18-8-5-11(6-9-18)14-16-12(23-17-14)4-7-15-26(21,22)13-3-2-10-24-13/h2-3,10-11,15H,4-9H2,1H3. The minimum absolute atomic E-state index is 0.0494. The van der Waals surface area contributed by atoms with E-state index in [1.165, 1.54) is 10.6 Å². The minimum Gasteiger partial charge on any atom is -0.339 e. The van der Waals surface area contributed by atoms with Crippen LogP contribution in [0, 0.1) is 0 Å². The lowest BCUT2D eigenvalue weighted by molar-refractivity contribution is 0.306. The van der Waals surface area contributed by atoms with Gasteiger partial charge in [0, 0.05) is 32.0 Å². The molecule has 0 spiro atoms. The van der Waals surface area contributed by atoms with Crippen LogP contribution < -0.4 is 4.72 Å². The normalized spacial score (nSPS) is 17.6. The fraction of sp³-hybridized carbons (Fsp3) is 0.571. The smallest absolute Gasteiger partial charge is 0.250 e. The van der Waals surface area contributed by atoms with Gasteiger partial charge in [0.1, 0.15) is 4.21 Å². The van der Waals surface area contributed by atoms with Crippen LogP contribution in [0.1, 0.15) is 30.5 Å². The summed E-state index contributed by atoms with van der Waals surface area (Å²) in [5, 5.41) is 5.67. The third kappa shape index (κ3) is 4.68. The first kappa shape index (κ1) is 19.4. The van der Waals surface area contributed by atoms with Gasteiger partial charge in [-0.15, -0.1) is 11.3 Å². The van der Waals surface area contributed by atoms with Crippen molar-refractivity contribution >= 4 is 31.4 Å². The van der Waals surface area contributed by atoms with Gasteiger partial charge in [-0.25, -0.2) is 25.9 Å². The predicted octanol–water partition coefficient (Wildman–Crippen LogP) is 0.791. The number of sulfonamides is 2. The summed E-state index contributed by atoms with van der Waals surface area (Å²) in [7, 11) is -6.67. The molecule has 0 amide bonds. The largest absolute Gasteiger partial charge is 0.339 e. The Balaban J connectivity index is 1.51. The highest BCUT2D eigenvalue weighted by Gasteiger charge is 2.28. The SMILES string of the molecule is CS(=O)(=O)N1CCC(c2noc(CCNS(=O)(=O)c3cccs3)n2)CC1. The number of aromatic nitrogens is 2. The molecular formula is C14H20N4O5S3. The molecule has 3 rings (SSSR count). The van der Waals surface area contributed by atoms with Crippen molar-refractivity contribution < 1.29 is 21.4 Å². The first-order valence-corrected chi connectivity index (χ1v) is 12.3. The molecule has 1 aliphatic heterocycles. The van der Waals surface area contributed by atoms with E-state index in [-0.39, 0.29) is 16.7 Å². The number of hydrogen-bond acceptors (Lipinski definition) is 8. The summed E-state index contributed by atoms with van der Waals surface area (Å²) < 4.78 is 56.5. The van der Waals surface area contributed by atoms with Crippen molar-refractivity contribution in [2.45, 2.75) is 29.4 Å². The summed E-state index contributed by atoms with van der Waals surface area (Å²) in [6.07, 6.45) is 2.77. The number of nitrogens with zero attached hydrogens (tertiary/aromatic N) is 3. The second-order valence-corrected chi connectivity index (χ2v) is 11.0. The third-order valence-electron chi connectivity index (χ3n) is 4.16. The fourth-order valence-corrected chi connectivity index (χ4v) is 5.70. The number of nitrogens with one attached hydrogen (secondary N) is 1. The maximum absolute atomic E-state index is 12.0. The summed E-state index contributed by atoms with van der Waals surface area (Å²) in [5.74, 6) is 0.960. The molecule has 0 saturated carbocycles. The molecule has 0 atom stereocenters. The summed E-state index contributed by atoms with van der Waals surface area (Å²) in [6, 6.07) is 3.22. The van der Waals surface area contributed by atoms with E-state index >= 15 is 0 Å². The molecule has 1 aliphatic rings. The molecular weight excluding hydrogens is 400 g/mol. The number of piperidine rings is 1. The monoisotopic (exact) mass is 420 g/mol. The number of rotatable bonds is 7. The first-order valence-electron chi connectivity index (χ1n) is 8.06. The van der Waals surface area contributed by atoms with Crippen molar-refractivity contribution in [3.8, 4) is 0 Å². The van der Waals surface area contributed by atoms with Crippen molar-refractivity contribution in [3.05, 3.63) is 29.2 Å². The van der Waals surface area contributed by atoms with E-state index in [0.29, 0.717) is 44.1 Å². The molecule has 144 valence electrons. The van der Waals surface area contributed by atoms with Gasteiger partial charge in [-0.1, -0.05) is 11.2 Å². The second kappa shape index (κ2) is 7.72. The lowest BCUT2D eigenvalue weighted by Crippen LogP contribution is -2.37. The Labute approximate surface area is 156 Å². The third-order valence-corrected chi connectivity index (χ3v) is 8.32. The Morgan fingerprint density at radius 1 is 1.31 bits per heavy atom. The molecule has 0 bridgehead atoms. The Morgan fingerprint density at radius 2 is 2.04 bits per heavy atom. The van der Waals surface area contributed by atoms with Gasteiger partial charge in [-0.2, -0.15) is 4.98 Å². The van der Waals surface area contributed by atoms with Crippen LogP contribution in [-0.2, 0) is 26.5 Å². The van der Waals surface area contributed by atoms with Crippen LogP contribution in [0.15, 0.2) is 26.2 Å². The van der Waals surface area contributed by atoms with Crippen molar-refractivity contribution in [2.24, 2.45) is 0 Å². The van der Waals surface area contributed by atoms with Crippen molar-refractivity contribution in [2.75, 3.05) is 25.9 Å². The van der Waals surface area contributed by atoms with E-state index in [1.54, 1.807) is 17.5 Å². The van der Waals surface area contributed by atoms with Crippen LogP contribution in [0.3, 0.4) is 0 Å². The first-order chi connectivity index (χ1) is 12.3. The van der Waals surface area contributed by atoms with Crippen LogP contribution in [0.5, 0.6) is 0 Å². The van der Waals surface area contributed by atoms with Gasteiger partial charge >= 0.3 is 0 Å².